The topological polar surface area (TPSA) is 81.0 Å². The minimum Gasteiger partial charge on any atom is -0.537 e. The van der Waals surface area contributed by atoms with Crippen molar-refractivity contribution in [2.24, 2.45) is 0 Å². The predicted octanol–water partition coefficient (Wildman–Crippen LogP) is 9.60. The molecule has 0 atom stereocenters. The Balaban J connectivity index is 0.000000152. The third-order valence-electron chi connectivity index (χ3n) is 7.67. The fourth-order valence-electron chi connectivity index (χ4n) is 5.36. The summed E-state index contributed by atoms with van der Waals surface area (Å²) < 4.78 is 6.03. The van der Waals surface area contributed by atoms with Crippen molar-refractivity contribution in [3.8, 4) is 50.8 Å². The highest BCUT2D eigenvalue weighted by atomic mass is 79.9. The van der Waals surface area contributed by atoms with E-state index in [4.69, 9.17) is 29.6 Å². The molecule has 0 fully saturated rings. The van der Waals surface area contributed by atoms with Crippen molar-refractivity contribution in [3.63, 3.8) is 0 Å². The van der Waals surface area contributed by atoms with E-state index in [9.17, 15) is 0 Å². The molecule has 1 N–H and O–H groups in total. The molecule has 0 unspecified atom stereocenters. The summed E-state index contributed by atoms with van der Waals surface area (Å²) in [6, 6.07) is 51.6. The lowest BCUT2D eigenvalue weighted by atomic mass is 10.0. The van der Waals surface area contributed by atoms with Crippen molar-refractivity contribution in [1.82, 2.24) is 19.9 Å². The van der Waals surface area contributed by atoms with Crippen LogP contribution in [0.2, 0.25) is 0 Å². The summed E-state index contributed by atoms with van der Waals surface area (Å²) in [6.07, 6.45) is 0. The van der Waals surface area contributed by atoms with Gasteiger partial charge in [-0.3, -0.25) is 0 Å². The lowest BCUT2D eigenvalue weighted by molar-refractivity contribution is 0.454. The molecule has 0 aliphatic rings. The van der Waals surface area contributed by atoms with Gasteiger partial charge in [0.25, 0.3) is 0 Å². The number of hydrogen-bond acceptors (Lipinski definition) is 6. The fraction of sp³-hybridized carbons (Fsp3) is 0. The first-order valence-corrected chi connectivity index (χ1v) is 16.1. The van der Waals surface area contributed by atoms with Gasteiger partial charge in [0.15, 0.2) is 0 Å². The molecule has 2 aromatic heterocycles. The molecule has 2 heterocycles. The summed E-state index contributed by atoms with van der Waals surface area (Å²) in [5.41, 5.74) is 11.1. The van der Waals surface area contributed by atoms with Crippen LogP contribution in [-0.2, 0) is 0 Å². The van der Waals surface area contributed by atoms with Crippen LogP contribution in [0.25, 0.3) is 67.1 Å². The Morgan fingerprint density at radius 3 is 1.06 bits per heavy atom. The van der Waals surface area contributed by atoms with Gasteiger partial charge in [-0.1, -0.05) is 113 Å². The number of halogens is 1. The van der Waals surface area contributed by atoms with E-state index >= 15 is 0 Å². The maximum absolute atomic E-state index is 8.75. The van der Waals surface area contributed by atoms with E-state index in [1.807, 2.05) is 121 Å². The normalized spacial score (nSPS) is 10.7. The van der Waals surface area contributed by atoms with Crippen LogP contribution in [0.15, 0.2) is 162 Å². The number of aromatic nitrogens is 4. The molecule has 0 saturated carbocycles. The van der Waals surface area contributed by atoms with E-state index in [1.165, 1.54) is 0 Å². The second-order valence-corrected chi connectivity index (χ2v) is 11.7. The van der Waals surface area contributed by atoms with Gasteiger partial charge in [0.2, 0.25) is 0 Å². The van der Waals surface area contributed by atoms with Crippen LogP contribution in [0.1, 0.15) is 0 Å². The van der Waals surface area contributed by atoms with Crippen molar-refractivity contribution < 1.29 is 9.68 Å². The zero-order valence-electron chi connectivity index (χ0n) is 25.6. The summed E-state index contributed by atoms with van der Waals surface area (Å²) >= 11 is 3.49. The highest BCUT2D eigenvalue weighted by molar-refractivity contribution is 9.10. The molecule has 6 nitrogen and oxygen atoms in total. The SMILES string of the molecule is Brc1ccc(-c2nc3ccccc3nc2-c2ccccc2)cc1.O[B]Oc1ccc(-c2nc3ccccc3nc2-c2ccccc2)cc1. The Bertz CT molecular complexity index is 2310. The Hall–Kier alpha value is -5.70. The predicted molar refractivity (Wildman–Crippen MR) is 197 cm³/mol. The maximum atomic E-state index is 8.75. The molecule has 0 aliphatic heterocycles. The Kier molecular flexibility index (Phi) is 9.27. The smallest absolute Gasteiger partial charge is 0.537 e. The van der Waals surface area contributed by atoms with E-state index in [1.54, 1.807) is 12.1 Å². The zero-order chi connectivity index (χ0) is 32.7. The third kappa shape index (κ3) is 6.86. The minimum atomic E-state index is 0.557. The second-order valence-electron chi connectivity index (χ2n) is 10.8. The largest absolute Gasteiger partial charge is 0.569 e. The average Bonchev–Trinajstić information content (AvgIpc) is 3.15. The van der Waals surface area contributed by atoms with Gasteiger partial charge in [0.05, 0.1) is 44.8 Å². The van der Waals surface area contributed by atoms with E-state index in [0.29, 0.717) is 13.4 Å². The third-order valence-corrected chi connectivity index (χ3v) is 8.20. The van der Waals surface area contributed by atoms with E-state index in [2.05, 4.69) is 40.2 Å². The molecule has 0 amide bonds. The molecular weight excluding hydrogens is 659 g/mol. The van der Waals surface area contributed by atoms with E-state index in [0.717, 1.165) is 71.6 Å². The van der Waals surface area contributed by atoms with Crippen molar-refractivity contribution in [2.75, 3.05) is 0 Å². The summed E-state index contributed by atoms with van der Waals surface area (Å²) in [6.45, 7) is 0. The Labute approximate surface area is 287 Å². The van der Waals surface area contributed by atoms with Crippen LogP contribution in [0.4, 0.5) is 0 Å². The lowest BCUT2D eigenvalue weighted by Gasteiger charge is -2.11. The van der Waals surface area contributed by atoms with Crippen molar-refractivity contribution in [3.05, 3.63) is 162 Å². The minimum absolute atomic E-state index is 0.557. The zero-order valence-corrected chi connectivity index (χ0v) is 27.2. The van der Waals surface area contributed by atoms with Crippen LogP contribution in [0.5, 0.6) is 5.75 Å². The first-order chi connectivity index (χ1) is 23.7. The maximum Gasteiger partial charge on any atom is 0.569 e. The molecule has 1 radical (unpaired) electrons. The first-order valence-electron chi connectivity index (χ1n) is 15.3. The van der Waals surface area contributed by atoms with Gasteiger partial charge in [-0.2, -0.15) is 0 Å². The van der Waals surface area contributed by atoms with Gasteiger partial charge in [0, 0.05) is 26.7 Å². The molecule has 0 bridgehead atoms. The van der Waals surface area contributed by atoms with Crippen molar-refractivity contribution in [1.29, 1.82) is 0 Å². The number of fused-ring (bicyclic) bond motifs is 2. The van der Waals surface area contributed by atoms with Gasteiger partial charge >= 0.3 is 7.69 Å². The van der Waals surface area contributed by atoms with Gasteiger partial charge in [-0.05, 0) is 60.7 Å². The number of rotatable bonds is 6. The molecule has 0 saturated heterocycles. The van der Waals surface area contributed by atoms with E-state index in [-0.39, 0.29) is 0 Å². The molecular formula is C40H27BBrN4O2. The Morgan fingerprint density at radius 1 is 0.396 bits per heavy atom. The van der Waals surface area contributed by atoms with Crippen LogP contribution >= 0.6 is 15.9 Å². The molecule has 8 heteroatoms. The van der Waals surface area contributed by atoms with Crippen LogP contribution in [-0.4, -0.2) is 32.6 Å². The van der Waals surface area contributed by atoms with Gasteiger partial charge in [-0.25, -0.2) is 19.9 Å². The molecule has 8 rings (SSSR count). The summed E-state index contributed by atoms with van der Waals surface area (Å²) in [4.78, 5) is 19.4. The number of hydrogen-bond donors (Lipinski definition) is 1. The summed E-state index contributed by atoms with van der Waals surface area (Å²) in [5, 5.41) is 8.75. The fourth-order valence-corrected chi connectivity index (χ4v) is 5.62. The summed E-state index contributed by atoms with van der Waals surface area (Å²) in [7, 11) is 0.667. The molecule has 0 aliphatic carbocycles. The summed E-state index contributed by atoms with van der Waals surface area (Å²) in [5.74, 6) is 0.557. The lowest BCUT2D eigenvalue weighted by Crippen LogP contribution is -1.99. The van der Waals surface area contributed by atoms with Gasteiger partial charge in [-0.15, -0.1) is 0 Å². The Morgan fingerprint density at radius 2 is 0.708 bits per heavy atom. The highest BCUT2D eigenvalue weighted by Gasteiger charge is 2.14. The molecule has 6 aromatic carbocycles. The number of benzene rings is 6. The molecule has 0 spiro atoms. The van der Waals surface area contributed by atoms with Gasteiger partial charge in [0.1, 0.15) is 5.75 Å². The monoisotopic (exact) mass is 685 g/mol. The van der Waals surface area contributed by atoms with Crippen LogP contribution in [0, 0.1) is 0 Å². The van der Waals surface area contributed by atoms with Crippen molar-refractivity contribution >= 4 is 45.7 Å². The first kappa shape index (κ1) is 30.9. The molecule has 48 heavy (non-hydrogen) atoms. The van der Waals surface area contributed by atoms with Crippen LogP contribution < -0.4 is 4.65 Å². The van der Waals surface area contributed by atoms with E-state index < -0.39 is 0 Å². The highest BCUT2D eigenvalue weighted by Crippen LogP contribution is 2.33. The van der Waals surface area contributed by atoms with Crippen molar-refractivity contribution in [2.45, 2.75) is 0 Å². The molecule has 229 valence electrons. The average molecular weight is 686 g/mol. The standard InChI is InChI=1S/C20H14BN2O2.C20H13BrN2/c24-21-25-16-12-10-15(11-13-16)20-19(14-6-2-1-3-7-14)22-17-8-4-5-9-18(17)23-20;21-16-12-10-15(11-13-16)20-19(14-6-2-1-3-7-14)22-17-8-4-5-9-18(17)23-20/h1-13,24H;1-13H. The second kappa shape index (κ2) is 14.4. The quantitative estimate of drug-likeness (QED) is 0.176. The molecule has 8 aromatic rings. The van der Waals surface area contributed by atoms with Crippen LogP contribution in [0.3, 0.4) is 0 Å². The number of para-hydroxylation sites is 4. The number of nitrogens with zero attached hydrogens (tertiary/aromatic N) is 4. The van der Waals surface area contributed by atoms with Gasteiger partial charge < -0.3 is 9.68 Å².